The Morgan fingerprint density at radius 3 is 2.42 bits per heavy atom. The summed E-state index contributed by atoms with van der Waals surface area (Å²) in [7, 11) is 0. The van der Waals surface area contributed by atoms with Crippen LogP contribution < -0.4 is 25.0 Å². The van der Waals surface area contributed by atoms with Crippen LogP contribution in [0, 0.1) is 6.92 Å². The Hall–Kier alpha value is -4.11. The van der Waals surface area contributed by atoms with E-state index in [1.165, 1.54) is 0 Å². The third-order valence-electron chi connectivity index (χ3n) is 5.25. The lowest BCUT2D eigenvalue weighted by molar-refractivity contribution is -0.118. The maximum atomic E-state index is 12.9. The first-order valence-electron chi connectivity index (χ1n) is 11.2. The Kier molecular flexibility index (Phi) is 7.70. The number of rotatable bonds is 8. The number of benzene rings is 3. The van der Waals surface area contributed by atoms with Gasteiger partial charge in [-0.2, -0.15) is 0 Å². The number of nitrogens with one attached hydrogen (secondary N) is 2. The van der Waals surface area contributed by atoms with Crippen LogP contribution in [0.2, 0.25) is 0 Å². The van der Waals surface area contributed by atoms with E-state index >= 15 is 0 Å². The zero-order valence-electron chi connectivity index (χ0n) is 19.7. The van der Waals surface area contributed by atoms with Crippen LogP contribution in [0.1, 0.15) is 18.1 Å². The molecule has 184 valence electrons. The van der Waals surface area contributed by atoms with Crippen molar-refractivity contribution in [3.8, 4) is 11.5 Å². The summed E-state index contributed by atoms with van der Waals surface area (Å²) in [5, 5.41) is 5.40. The molecule has 1 aliphatic heterocycles. The number of carbonyl (C=O) groups is 3. The minimum absolute atomic E-state index is 0.123. The highest BCUT2D eigenvalue weighted by atomic mass is 79.9. The molecule has 1 fully saturated rings. The van der Waals surface area contributed by atoms with Gasteiger partial charge in [-0.25, -0.2) is 9.69 Å². The maximum absolute atomic E-state index is 12.9. The second-order valence-electron chi connectivity index (χ2n) is 7.92. The monoisotopic (exact) mass is 549 g/mol. The lowest BCUT2D eigenvalue weighted by Crippen LogP contribution is -2.30. The SMILES string of the molecule is CCOc1cc(/C=C2/NC(=O)N(c3ccccc3)C2=O)c(Br)cc1OCC(=O)Nc1ccc(C)cc1. The molecule has 1 aliphatic rings. The van der Waals surface area contributed by atoms with E-state index in [1.807, 2.05) is 38.1 Å². The van der Waals surface area contributed by atoms with Crippen molar-refractivity contribution < 1.29 is 23.9 Å². The highest BCUT2D eigenvalue weighted by Gasteiger charge is 2.34. The summed E-state index contributed by atoms with van der Waals surface area (Å²) in [6.07, 6.45) is 1.56. The number of imide groups is 1. The molecule has 3 aromatic rings. The predicted octanol–water partition coefficient (Wildman–Crippen LogP) is 5.27. The number of aryl methyl sites for hydroxylation is 1. The van der Waals surface area contributed by atoms with E-state index in [2.05, 4.69) is 26.6 Å². The maximum Gasteiger partial charge on any atom is 0.333 e. The zero-order valence-corrected chi connectivity index (χ0v) is 21.3. The van der Waals surface area contributed by atoms with Crippen molar-refractivity contribution in [1.82, 2.24) is 5.32 Å². The minimum Gasteiger partial charge on any atom is -0.490 e. The molecule has 9 heteroatoms. The predicted molar refractivity (Wildman–Crippen MR) is 141 cm³/mol. The van der Waals surface area contributed by atoms with E-state index in [0.717, 1.165) is 10.5 Å². The number of carbonyl (C=O) groups excluding carboxylic acids is 3. The number of ether oxygens (including phenoxy) is 2. The van der Waals surface area contributed by atoms with Gasteiger partial charge < -0.3 is 20.1 Å². The molecule has 0 saturated carbocycles. The number of hydrogen-bond donors (Lipinski definition) is 2. The van der Waals surface area contributed by atoms with Crippen LogP contribution in [0.25, 0.3) is 6.08 Å². The topological polar surface area (TPSA) is 97.0 Å². The molecule has 0 spiro atoms. The van der Waals surface area contributed by atoms with Gasteiger partial charge in [0, 0.05) is 10.2 Å². The Labute approximate surface area is 217 Å². The van der Waals surface area contributed by atoms with Crippen molar-refractivity contribution in [3.63, 3.8) is 0 Å². The third kappa shape index (κ3) is 5.75. The number of hydrogen-bond acceptors (Lipinski definition) is 5. The van der Waals surface area contributed by atoms with Gasteiger partial charge in [-0.05, 0) is 61.9 Å². The number of anilines is 2. The Balaban J connectivity index is 1.51. The summed E-state index contributed by atoms with van der Waals surface area (Å²) in [5.74, 6) is -0.0296. The molecule has 0 unspecified atom stereocenters. The fourth-order valence-electron chi connectivity index (χ4n) is 3.52. The van der Waals surface area contributed by atoms with Crippen molar-refractivity contribution in [2.24, 2.45) is 0 Å². The van der Waals surface area contributed by atoms with Gasteiger partial charge in [-0.3, -0.25) is 9.59 Å². The average Bonchev–Trinajstić information content (AvgIpc) is 3.14. The molecular formula is C27H24BrN3O5. The summed E-state index contributed by atoms with van der Waals surface area (Å²) in [4.78, 5) is 38.8. The van der Waals surface area contributed by atoms with Crippen LogP contribution in [0.15, 0.2) is 76.9 Å². The van der Waals surface area contributed by atoms with Gasteiger partial charge in [-0.15, -0.1) is 0 Å². The summed E-state index contributed by atoms with van der Waals surface area (Å²) < 4.78 is 12.0. The van der Waals surface area contributed by atoms with Crippen molar-refractivity contribution in [2.75, 3.05) is 23.4 Å². The summed E-state index contributed by atoms with van der Waals surface area (Å²) in [6.45, 7) is 3.94. The van der Waals surface area contributed by atoms with Crippen LogP contribution in [-0.4, -0.2) is 31.1 Å². The fraction of sp³-hybridized carbons (Fsp3) is 0.148. The summed E-state index contributed by atoms with van der Waals surface area (Å²) in [6, 6.07) is 18.9. The van der Waals surface area contributed by atoms with Gasteiger partial charge in [0.2, 0.25) is 0 Å². The molecule has 0 atom stereocenters. The Morgan fingerprint density at radius 2 is 1.72 bits per heavy atom. The van der Waals surface area contributed by atoms with Gasteiger partial charge in [0.15, 0.2) is 18.1 Å². The molecule has 1 heterocycles. The number of amides is 4. The first-order chi connectivity index (χ1) is 17.4. The van der Waals surface area contributed by atoms with E-state index < -0.39 is 11.9 Å². The normalized spacial score (nSPS) is 14.1. The highest BCUT2D eigenvalue weighted by Crippen LogP contribution is 2.35. The molecule has 3 aromatic carbocycles. The fourth-order valence-corrected chi connectivity index (χ4v) is 3.96. The first-order valence-corrected chi connectivity index (χ1v) is 12.0. The van der Waals surface area contributed by atoms with Gasteiger partial charge in [0.25, 0.3) is 11.8 Å². The smallest absolute Gasteiger partial charge is 0.333 e. The van der Waals surface area contributed by atoms with Crippen LogP contribution in [0.3, 0.4) is 0 Å². The summed E-state index contributed by atoms with van der Waals surface area (Å²) in [5.41, 5.74) is 2.96. The molecule has 4 amide bonds. The summed E-state index contributed by atoms with van der Waals surface area (Å²) >= 11 is 3.48. The van der Waals surface area contributed by atoms with Crippen LogP contribution >= 0.6 is 15.9 Å². The molecular weight excluding hydrogens is 526 g/mol. The number of urea groups is 1. The third-order valence-corrected chi connectivity index (χ3v) is 5.94. The van der Waals surface area contributed by atoms with E-state index in [9.17, 15) is 14.4 Å². The van der Waals surface area contributed by atoms with Crippen molar-refractivity contribution in [1.29, 1.82) is 0 Å². The largest absolute Gasteiger partial charge is 0.490 e. The molecule has 8 nitrogen and oxygen atoms in total. The van der Waals surface area contributed by atoms with Gasteiger partial charge in [0.05, 0.1) is 12.3 Å². The lowest BCUT2D eigenvalue weighted by Gasteiger charge is -2.14. The van der Waals surface area contributed by atoms with Crippen LogP contribution in [-0.2, 0) is 9.59 Å². The van der Waals surface area contributed by atoms with Crippen molar-refractivity contribution in [2.45, 2.75) is 13.8 Å². The molecule has 36 heavy (non-hydrogen) atoms. The van der Waals surface area contributed by atoms with E-state index in [-0.39, 0.29) is 18.2 Å². The zero-order chi connectivity index (χ0) is 25.7. The molecule has 0 aromatic heterocycles. The Morgan fingerprint density at radius 1 is 1.03 bits per heavy atom. The molecule has 1 saturated heterocycles. The van der Waals surface area contributed by atoms with Crippen LogP contribution in [0.5, 0.6) is 11.5 Å². The molecule has 0 bridgehead atoms. The average molecular weight is 550 g/mol. The number of para-hydroxylation sites is 1. The quantitative estimate of drug-likeness (QED) is 0.294. The van der Waals surface area contributed by atoms with E-state index in [0.29, 0.717) is 39.5 Å². The molecule has 4 rings (SSSR count). The number of nitrogens with zero attached hydrogens (tertiary/aromatic N) is 1. The van der Waals surface area contributed by atoms with Crippen molar-refractivity contribution in [3.05, 3.63) is 88.0 Å². The van der Waals surface area contributed by atoms with Crippen molar-refractivity contribution >= 4 is 51.2 Å². The van der Waals surface area contributed by atoms with E-state index in [4.69, 9.17) is 9.47 Å². The van der Waals surface area contributed by atoms with Crippen LogP contribution in [0.4, 0.5) is 16.2 Å². The minimum atomic E-state index is -0.529. The molecule has 0 radical (unpaired) electrons. The highest BCUT2D eigenvalue weighted by molar-refractivity contribution is 9.10. The first kappa shape index (κ1) is 25.0. The van der Waals surface area contributed by atoms with E-state index in [1.54, 1.807) is 48.5 Å². The lowest BCUT2D eigenvalue weighted by atomic mass is 10.1. The number of halogens is 1. The molecule has 0 aliphatic carbocycles. The second kappa shape index (κ2) is 11.1. The van der Waals surface area contributed by atoms with Gasteiger partial charge >= 0.3 is 6.03 Å². The van der Waals surface area contributed by atoms with Gasteiger partial charge in [-0.1, -0.05) is 51.8 Å². The Bertz CT molecular complexity index is 1320. The standard InChI is InChI=1S/C27H24BrN3O5/c1-3-35-23-14-18(13-22-26(33)31(27(34)30-22)20-7-5-4-6-8-20)21(28)15-24(23)36-16-25(32)29-19-11-9-17(2)10-12-19/h4-15H,3,16H2,1-2H3,(H,29,32)(H,30,34)/b22-13+. The second-order valence-corrected chi connectivity index (χ2v) is 8.77. The van der Waals surface area contributed by atoms with Gasteiger partial charge in [0.1, 0.15) is 5.70 Å². The molecule has 2 N–H and O–H groups in total.